The fourth-order valence-corrected chi connectivity index (χ4v) is 1.04. The molecule has 0 amide bonds. The first kappa shape index (κ1) is 10.6. The molecular formula is C9H11NO4. The normalized spacial score (nSPS) is 11.4. The molecule has 1 N–H and O–H groups in total. The van der Waals surface area contributed by atoms with Crippen molar-refractivity contribution in [3.05, 3.63) is 39.9 Å². The molecule has 0 aliphatic heterocycles. The summed E-state index contributed by atoms with van der Waals surface area (Å²) in [6.07, 6.45) is 0. The summed E-state index contributed by atoms with van der Waals surface area (Å²) in [5.74, 6) is 0. The summed E-state index contributed by atoms with van der Waals surface area (Å²) in [6.45, 7) is 3.32. The summed E-state index contributed by atoms with van der Waals surface area (Å²) in [6, 6.07) is 5.84. The summed E-state index contributed by atoms with van der Waals surface area (Å²) in [4.78, 5) is 14.1. The van der Waals surface area contributed by atoms with Crippen molar-refractivity contribution in [2.75, 3.05) is 0 Å². The lowest BCUT2D eigenvalue weighted by molar-refractivity contribution is -0.384. The predicted octanol–water partition coefficient (Wildman–Crippen LogP) is 2.32. The van der Waals surface area contributed by atoms with Crippen molar-refractivity contribution in [3.63, 3.8) is 0 Å². The Labute approximate surface area is 81.0 Å². The lowest BCUT2D eigenvalue weighted by Crippen LogP contribution is -2.19. The largest absolute Gasteiger partial charge is 0.269 e. The molecule has 0 fully saturated rings. The van der Waals surface area contributed by atoms with Gasteiger partial charge < -0.3 is 0 Å². The Morgan fingerprint density at radius 1 is 1.36 bits per heavy atom. The second-order valence-electron chi connectivity index (χ2n) is 3.41. The van der Waals surface area contributed by atoms with Crippen LogP contribution in [0.2, 0.25) is 0 Å². The van der Waals surface area contributed by atoms with Crippen LogP contribution in [-0.2, 0) is 10.5 Å². The SMILES string of the molecule is CC(C)(OO)c1ccc([N+](=O)[O-])cc1. The molecule has 0 aliphatic carbocycles. The first-order valence-electron chi connectivity index (χ1n) is 4.05. The van der Waals surface area contributed by atoms with Gasteiger partial charge in [0, 0.05) is 12.1 Å². The van der Waals surface area contributed by atoms with Gasteiger partial charge in [0.15, 0.2) is 0 Å². The van der Waals surface area contributed by atoms with E-state index in [9.17, 15) is 10.1 Å². The zero-order chi connectivity index (χ0) is 10.8. The van der Waals surface area contributed by atoms with Crippen LogP contribution in [0.4, 0.5) is 5.69 Å². The average molecular weight is 197 g/mol. The van der Waals surface area contributed by atoms with Gasteiger partial charge in [0.2, 0.25) is 0 Å². The summed E-state index contributed by atoms with van der Waals surface area (Å²) in [5, 5.41) is 18.9. The maximum Gasteiger partial charge on any atom is 0.269 e. The van der Waals surface area contributed by atoms with Crippen molar-refractivity contribution in [2.24, 2.45) is 0 Å². The molecule has 5 nitrogen and oxygen atoms in total. The van der Waals surface area contributed by atoms with Gasteiger partial charge in [-0.2, -0.15) is 0 Å². The molecule has 1 aromatic rings. The van der Waals surface area contributed by atoms with Crippen molar-refractivity contribution in [1.29, 1.82) is 0 Å². The van der Waals surface area contributed by atoms with Crippen LogP contribution in [0.25, 0.3) is 0 Å². The second kappa shape index (κ2) is 3.73. The smallest absolute Gasteiger partial charge is 0.258 e. The quantitative estimate of drug-likeness (QED) is 0.458. The van der Waals surface area contributed by atoms with E-state index in [1.165, 1.54) is 12.1 Å². The number of nitro groups is 1. The van der Waals surface area contributed by atoms with Crippen LogP contribution >= 0.6 is 0 Å². The zero-order valence-corrected chi connectivity index (χ0v) is 7.93. The molecular weight excluding hydrogens is 186 g/mol. The summed E-state index contributed by atoms with van der Waals surface area (Å²) >= 11 is 0. The molecule has 1 aromatic carbocycles. The topological polar surface area (TPSA) is 72.6 Å². The highest BCUT2D eigenvalue weighted by molar-refractivity contribution is 5.34. The Balaban J connectivity index is 2.99. The molecule has 76 valence electrons. The third-order valence-electron chi connectivity index (χ3n) is 2.00. The molecule has 0 radical (unpaired) electrons. The van der Waals surface area contributed by atoms with Crippen LogP contribution in [0, 0.1) is 10.1 Å². The molecule has 0 atom stereocenters. The number of hydrogen-bond acceptors (Lipinski definition) is 4. The van der Waals surface area contributed by atoms with Crippen LogP contribution in [-0.4, -0.2) is 10.2 Å². The molecule has 1 rings (SSSR count). The minimum absolute atomic E-state index is 0.0162. The predicted molar refractivity (Wildman–Crippen MR) is 49.8 cm³/mol. The number of benzene rings is 1. The van der Waals surface area contributed by atoms with Gasteiger partial charge in [-0.3, -0.25) is 15.4 Å². The maximum atomic E-state index is 10.4. The van der Waals surface area contributed by atoms with Crippen LogP contribution in [0.3, 0.4) is 0 Å². The highest BCUT2D eigenvalue weighted by atomic mass is 17.1. The van der Waals surface area contributed by atoms with E-state index in [1.807, 2.05) is 0 Å². The molecule has 0 aromatic heterocycles. The Bertz CT molecular complexity index is 331. The molecule has 0 unspecified atom stereocenters. The monoisotopic (exact) mass is 197 g/mol. The van der Waals surface area contributed by atoms with Crippen LogP contribution in [0.15, 0.2) is 24.3 Å². The van der Waals surface area contributed by atoms with E-state index >= 15 is 0 Å². The second-order valence-corrected chi connectivity index (χ2v) is 3.41. The fourth-order valence-electron chi connectivity index (χ4n) is 1.04. The van der Waals surface area contributed by atoms with Gasteiger partial charge in [-0.05, 0) is 31.5 Å². The van der Waals surface area contributed by atoms with Gasteiger partial charge >= 0.3 is 0 Å². The molecule has 0 spiro atoms. The average Bonchev–Trinajstić information content (AvgIpc) is 2.18. The molecule has 14 heavy (non-hydrogen) atoms. The molecule has 0 heterocycles. The minimum Gasteiger partial charge on any atom is -0.258 e. The molecule has 5 heteroatoms. The number of non-ortho nitro benzene ring substituents is 1. The Morgan fingerprint density at radius 3 is 2.21 bits per heavy atom. The Morgan fingerprint density at radius 2 is 1.86 bits per heavy atom. The van der Waals surface area contributed by atoms with Gasteiger partial charge in [0.25, 0.3) is 5.69 Å². The van der Waals surface area contributed by atoms with Crippen LogP contribution < -0.4 is 0 Å². The Hall–Kier alpha value is -1.46. The van der Waals surface area contributed by atoms with Gasteiger partial charge in [0.1, 0.15) is 5.60 Å². The third kappa shape index (κ3) is 2.07. The number of hydrogen-bond donors (Lipinski definition) is 1. The van der Waals surface area contributed by atoms with Gasteiger partial charge in [0.05, 0.1) is 4.92 Å². The van der Waals surface area contributed by atoms with E-state index in [-0.39, 0.29) is 5.69 Å². The molecule has 0 saturated heterocycles. The fraction of sp³-hybridized carbons (Fsp3) is 0.333. The van der Waals surface area contributed by atoms with E-state index in [2.05, 4.69) is 4.89 Å². The van der Waals surface area contributed by atoms with Crippen LogP contribution in [0.1, 0.15) is 19.4 Å². The van der Waals surface area contributed by atoms with Crippen molar-refractivity contribution in [3.8, 4) is 0 Å². The van der Waals surface area contributed by atoms with E-state index < -0.39 is 10.5 Å². The van der Waals surface area contributed by atoms with Gasteiger partial charge in [-0.15, -0.1) is 0 Å². The van der Waals surface area contributed by atoms with Crippen LogP contribution in [0.5, 0.6) is 0 Å². The molecule has 0 bridgehead atoms. The minimum atomic E-state index is -0.852. The number of nitro benzene ring substituents is 1. The summed E-state index contributed by atoms with van der Waals surface area (Å²) in [7, 11) is 0. The molecule has 0 aliphatic rings. The highest BCUT2D eigenvalue weighted by Gasteiger charge is 2.22. The number of nitrogens with zero attached hydrogens (tertiary/aromatic N) is 1. The summed E-state index contributed by atoms with van der Waals surface area (Å²) in [5.41, 5.74) is -0.164. The number of rotatable bonds is 3. The zero-order valence-electron chi connectivity index (χ0n) is 7.93. The van der Waals surface area contributed by atoms with E-state index in [1.54, 1.807) is 26.0 Å². The highest BCUT2D eigenvalue weighted by Crippen LogP contribution is 2.25. The first-order valence-corrected chi connectivity index (χ1v) is 4.05. The van der Waals surface area contributed by atoms with Gasteiger partial charge in [-0.25, -0.2) is 4.89 Å². The first-order chi connectivity index (χ1) is 6.47. The van der Waals surface area contributed by atoms with E-state index in [0.717, 1.165) is 0 Å². The van der Waals surface area contributed by atoms with Crippen molar-refractivity contribution < 1.29 is 15.1 Å². The van der Waals surface area contributed by atoms with Crippen molar-refractivity contribution >= 4 is 5.69 Å². The Kier molecular flexibility index (Phi) is 2.83. The van der Waals surface area contributed by atoms with E-state index in [4.69, 9.17) is 5.26 Å². The summed E-state index contributed by atoms with van der Waals surface area (Å²) < 4.78 is 0. The molecule has 0 saturated carbocycles. The van der Waals surface area contributed by atoms with Gasteiger partial charge in [-0.1, -0.05) is 0 Å². The third-order valence-corrected chi connectivity index (χ3v) is 2.00. The lowest BCUT2D eigenvalue weighted by Gasteiger charge is -2.20. The maximum absolute atomic E-state index is 10.4. The lowest BCUT2D eigenvalue weighted by atomic mass is 9.98. The van der Waals surface area contributed by atoms with Crippen molar-refractivity contribution in [2.45, 2.75) is 19.4 Å². The van der Waals surface area contributed by atoms with E-state index in [0.29, 0.717) is 5.56 Å². The standard InChI is InChI=1S/C9H11NO4/c1-9(2,14-13)7-3-5-8(6-4-7)10(11)12/h3-6,13H,1-2H3. The van der Waals surface area contributed by atoms with Crippen molar-refractivity contribution in [1.82, 2.24) is 0 Å².